The fourth-order valence-electron chi connectivity index (χ4n) is 1.84. The van der Waals surface area contributed by atoms with E-state index < -0.39 is 12.0 Å². The van der Waals surface area contributed by atoms with Crippen LogP contribution in [0.2, 0.25) is 0 Å². The Labute approximate surface area is 92.5 Å². The number of nitrogens with two attached hydrogens (primary N) is 1. The summed E-state index contributed by atoms with van der Waals surface area (Å²) in [7, 11) is 1.87. The number of hydrogen-bond acceptors (Lipinski definition) is 3. The molecule has 16 heavy (non-hydrogen) atoms. The standard InChI is InChI=1S/C11H13N3O2/c1-14-6-8(9(12)5-10(15)16)7-3-2-4-13-11(7)14/h2-4,6,9H,5,12H2,1H3,(H,15,16). The van der Waals surface area contributed by atoms with E-state index in [9.17, 15) is 4.79 Å². The summed E-state index contributed by atoms with van der Waals surface area (Å²) in [6.07, 6.45) is 3.47. The molecule has 2 aromatic rings. The number of hydrogen-bond donors (Lipinski definition) is 2. The molecule has 2 aromatic heterocycles. The van der Waals surface area contributed by atoms with Crippen LogP contribution < -0.4 is 5.73 Å². The number of aryl methyl sites for hydroxylation is 1. The first-order chi connectivity index (χ1) is 7.59. The van der Waals surface area contributed by atoms with Gasteiger partial charge in [-0.15, -0.1) is 0 Å². The predicted molar refractivity (Wildman–Crippen MR) is 59.9 cm³/mol. The Morgan fingerprint density at radius 2 is 2.44 bits per heavy atom. The highest BCUT2D eigenvalue weighted by atomic mass is 16.4. The third-order valence-electron chi connectivity index (χ3n) is 2.56. The van der Waals surface area contributed by atoms with E-state index in [1.54, 1.807) is 6.20 Å². The average Bonchev–Trinajstić information content (AvgIpc) is 2.56. The van der Waals surface area contributed by atoms with Crippen molar-refractivity contribution in [3.63, 3.8) is 0 Å². The van der Waals surface area contributed by atoms with Crippen molar-refractivity contribution in [2.75, 3.05) is 0 Å². The molecule has 0 saturated carbocycles. The normalized spacial score (nSPS) is 12.9. The van der Waals surface area contributed by atoms with Gasteiger partial charge in [-0.05, 0) is 17.7 Å². The van der Waals surface area contributed by atoms with Gasteiger partial charge in [0.05, 0.1) is 6.42 Å². The molecule has 0 aliphatic heterocycles. The highest BCUT2D eigenvalue weighted by molar-refractivity contribution is 5.81. The van der Waals surface area contributed by atoms with Crippen LogP contribution in [0.4, 0.5) is 0 Å². The Morgan fingerprint density at radius 3 is 3.12 bits per heavy atom. The molecule has 2 heterocycles. The Balaban J connectivity index is 2.48. The summed E-state index contributed by atoms with van der Waals surface area (Å²) in [6, 6.07) is 3.23. The second-order valence-electron chi connectivity index (χ2n) is 3.77. The molecule has 0 saturated heterocycles. The fraction of sp³-hybridized carbons (Fsp3) is 0.273. The number of carbonyl (C=O) groups is 1. The van der Waals surface area contributed by atoms with E-state index in [1.165, 1.54) is 0 Å². The zero-order valence-corrected chi connectivity index (χ0v) is 8.92. The SMILES string of the molecule is Cn1cc(C(N)CC(=O)O)c2cccnc21. The van der Waals surface area contributed by atoms with Gasteiger partial charge in [0, 0.05) is 30.9 Å². The number of aromatic nitrogens is 2. The van der Waals surface area contributed by atoms with Crippen LogP contribution in [-0.4, -0.2) is 20.6 Å². The maximum atomic E-state index is 10.6. The average molecular weight is 219 g/mol. The molecular weight excluding hydrogens is 206 g/mol. The van der Waals surface area contributed by atoms with Gasteiger partial charge in [0.25, 0.3) is 0 Å². The third-order valence-corrected chi connectivity index (χ3v) is 2.56. The van der Waals surface area contributed by atoms with Crippen LogP contribution in [0.15, 0.2) is 24.5 Å². The van der Waals surface area contributed by atoms with Crippen LogP contribution in [0.3, 0.4) is 0 Å². The molecule has 1 atom stereocenters. The lowest BCUT2D eigenvalue weighted by Gasteiger charge is -2.06. The predicted octanol–water partition coefficient (Wildman–Crippen LogP) is 1.05. The van der Waals surface area contributed by atoms with Crippen molar-refractivity contribution in [2.45, 2.75) is 12.5 Å². The van der Waals surface area contributed by atoms with E-state index in [4.69, 9.17) is 10.8 Å². The molecule has 0 aliphatic rings. The number of aliphatic carboxylic acids is 1. The Hall–Kier alpha value is -1.88. The van der Waals surface area contributed by atoms with Gasteiger partial charge in [-0.1, -0.05) is 0 Å². The first kappa shape index (κ1) is 10.6. The first-order valence-electron chi connectivity index (χ1n) is 4.97. The number of nitrogens with zero attached hydrogens (tertiary/aromatic N) is 2. The highest BCUT2D eigenvalue weighted by Crippen LogP contribution is 2.24. The quantitative estimate of drug-likeness (QED) is 0.808. The summed E-state index contributed by atoms with van der Waals surface area (Å²) >= 11 is 0. The van der Waals surface area contributed by atoms with Gasteiger partial charge in [0.15, 0.2) is 0 Å². The van der Waals surface area contributed by atoms with Crippen molar-refractivity contribution in [1.82, 2.24) is 9.55 Å². The molecule has 2 rings (SSSR count). The lowest BCUT2D eigenvalue weighted by atomic mass is 10.1. The highest BCUT2D eigenvalue weighted by Gasteiger charge is 2.16. The minimum Gasteiger partial charge on any atom is -0.481 e. The van der Waals surface area contributed by atoms with Gasteiger partial charge in [0.1, 0.15) is 5.65 Å². The van der Waals surface area contributed by atoms with E-state index in [-0.39, 0.29) is 6.42 Å². The molecule has 0 spiro atoms. The first-order valence-corrected chi connectivity index (χ1v) is 4.97. The molecule has 0 aliphatic carbocycles. The Kier molecular flexibility index (Phi) is 2.62. The van der Waals surface area contributed by atoms with Crippen molar-refractivity contribution >= 4 is 17.0 Å². The van der Waals surface area contributed by atoms with Crippen LogP contribution in [0.1, 0.15) is 18.0 Å². The fourth-order valence-corrected chi connectivity index (χ4v) is 1.84. The monoisotopic (exact) mass is 219 g/mol. The van der Waals surface area contributed by atoms with Crippen molar-refractivity contribution in [3.8, 4) is 0 Å². The van der Waals surface area contributed by atoms with E-state index in [2.05, 4.69) is 4.98 Å². The van der Waals surface area contributed by atoms with Gasteiger partial charge >= 0.3 is 5.97 Å². The van der Waals surface area contributed by atoms with Crippen LogP contribution in [0, 0.1) is 0 Å². The second-order valence-corrected chi connectivity index (χ2v) is 3.77. The van der Waals surface area contributed by atoms with Crippen molar-refractivity contribution < 1.29 is 9.90 Å². The summed E-state index contributed by atoms with van der Waals surface area (Å²) in [6.45, 7) is 0. The van der Waals surface area contributed by atoms with E-state index in [0.717, 1.165) is 16.6 Å². The second kappa shape index (κ2) is 3.94. The minimum absolute atomic E-state index is 0.0754. The molecule has 5 nitrogen and oxygen atoms in total. The molecule has 5 heteroatoms. The Morgan fingerprint density at radius 1 is 1.69 bits per heavy atom. The molecule has 0 radical (unpaired) electrons. The largest absolute Gasteiger partial charge is 0.481 e. The van der Waals surface area contributed by atoms with Crippen molar-refractivity contribution in [1.29, 1.82) is 0 Å². The van der Waals surface area contributed by atoms with Gasteiger partial charge in [-0.25, -0.2) is 4.98 Å². The zero-order valence-electron chi connectivity index (χ0n) is 8.92. The number of carboxylic acid groups (broad SMARTS) is 1. The number of rotatable bonds is 3. The number of pyridine rings is 1. The van der Waals surface area contributed by atoms with E-state index in [0.29, 0.717) is 0 Å². The Bertz CT molecular complexity index is 533. The van der Waals surface area contributed by atoms with Crippen LogP contribution in [0.25, 0.3) is 11.0 Å². The summed E-state index contributed by atoms with van der Waals surface area (Å²) in [5.74, 6) is -0.895. The minimum atomic E-state index is -0.895. The smallest absolute Gasteiger partial charge is 0.305 e. The summed E-state index contributed by atoms with van der Waals surface area (Å²) in [5, 5.41) is 9.64. The maximum Gasteiger partial charge on any atom is 0.305 e. The lowest BCUT2D eigenvalue weighted by Crippen LogP contribution is -2.14. The van der Waals surface area contributed by atoms with Crippen LogP contribution in [-0.2, 0) is 11.8 Å². The molecular formula is C11H13N3O2. The molecule has 0 bridgehead atoms. The third kappa shape index (κ3) is 1.77. The van der Waals surface area contributed by atoms with Crippen LogP contribution in [0.5, 0.6) is 0 Å². The summed E-state index contributed by atoms with van der Waals surface area (Å²) < 4.78 is 1.85. The van der Waals surface area contributed by atoms with Gasteiger partial charge in [-0.2, -0.15) is 0 Å². The number of carboxylic acids is 1. The number of fused-ring (bicyclic) bond motifs is 1. The molecule has 84 valence electrons. The van der Waals surface area contributed by atoms with E-state index >= 15 is 0 Å². The zero-order chi connectivity index (χ0) is 11.7. The lowest BCUT2D eigenvalue weighted by molar-refractivity contribution is -0.137. The molecule has 3 N–H and O–H groups in total. The summed E-state index contributed by atoms with van der Waals surface area (Å²) in [4.78, 5) is 14.8. The van der Waals surface area contributed by atoms with Gasteiger partial charge in [0.2, 0.25) is 0 Å². The van der Waals surface area contributed by atoms with Crippen molar-refractivity contribution in [2.24, 2.45) is 12.8 Å². The topological polar surface area (TPSA) is 81.1 Å². The van der Waals surface area contributed by atoms with Gasteiger partial charge < -0.3 is 15.4 Å². The molecule has 1 unspecified atom stereocenters. The summed E-state index contributed by atoms with van der Waals surface area (Å²) in [5.41, 5.74) is 7.50. The molecule has 0 fully saturated rings. The van der Waals surface area contributed by atoms with Crippen molar-refractivity contribution in [3.05, 3.63) is 30.1 Å². The maximum absolute atomic E-state index is 10.6. The van der Waals surface area contributed by atoms with E-state index in [1.807, 2.05) is 29.9 Å². The molecule has 0 aromatic carbocycles. The van der Waals surface area contributed by atoms with Gasteiger partial charge in [-0.3, -0.25) is 4.79 Å². The van der Waals surface area contributed by atoms with Crippen LogP contribution >= 0.6 is 0 Å². The molecule has 0 amide bonds.